The maximum atomic E-state index is 14.5. The lowest BCUT2D eigenvalue weighted by atomic mass is 10.0. The van der Waals surface area contributed by atoms with Gasteiger partial charge in [0.25, 0.3) is 0 Å². The highest BCUT2D eigenvalue weighted by atomic mass is 32.2. The number of nitrogens with two attached hydrogens (primary N) is 2. The normalized spacial score (nSPS) is 23.4. The van der Waals surface area contributed by atoms with Gasteiger partial charge in [0.05, 0.1) is 81.4 Å². The minimum absolute atomic E-state index is 0.00426. The highest BCUT2D eigenvalue weighted by Gasteiger charge is 2.43. The molecule has 6 heterocycles. The van der Waals surface area contributed by atoms with E-state index in [4.69, 9.17) is 31.1 Å². The van der Waals surface area contributed by atoms with Crippen LogP contribution in [0.5, 0.6) is 0 Å². The van der Waals surface area contributed by atoms with Crippen molar-refractivity contribution >= 4 is 76.9 Å². The monoisotopic (exact) mass is 1270 g/mol. The molecule has 0 unspecified atom stereocenters. The summed E-state index contributed by atoms with van der Waals surface area (Å²) >= 11 is 1.85. The number of carbonyl (C=O) groups is 10. The molecule has 0 saturated carbocycles. The molecule has 0 aliphatic carbocycles. The lowest BCUT2D eigenvalue weighted by molar-refractivity contribution is -0.136. The Balaban J connectivity index is 1.08. The Morgan fingerprint density at radius 1 is 0.730 bits per heavy atom. The molecule has 35 heteroatoms. The fraction of sp³-hybridized carbons (Fsp3) is 0.648. The number of urea groups is 1. The van der Waals surface area contributed by atoms with Gasteiger partial charge in [0.2, 0.25) is 53.2 Å². The molecule has 0 radical (unpaired) electrons. The molecule has 6 rings (SSSR count). The number of thioether (sulfide) groups is 1. The van der Waals surface area contributed by atoms with Gasteiger partial charge in [-0.15, -0.1) is 5.10 Å². The summed E-state index contributed by atoms with van der Waals surface area (Å²) in [5, 5.41) is 46.2. The van der Waals surface area contributed by atoms with Crippen LogP contribution in [0.4, 0.5) is 4.79 Å². The second-order valence-corrected chi connectivity index (χ2v) is 23.2. The molecule has 34 nitrogen and oxygen atoms in total. The number of H-pyrrole nitrogens is 2. The third kappa shape index (κ3) is 24.6. The number of rotatable bonds is 27. The topological polar surface area (TPSA) is 495 Å². The standard InChI is InChI=1S/C54H85N21O13S/c1-31(2)45-52(84)67-36(9-7-12-61-53(56)57)49(81)68-37(20-32-23-58-29-63-32)48(80)62-25-43(77)65-35(47(55)79)8-5-6-14-75-26-34(73-74-75)22-38(50(82)69-39(51(83)71-45)21-33-24-59-30-64-33)66-44(78)27-88-19-18-87-17-16-86-15-13-60-42(76)11-4-3-10-41-46-40(28-89-41)70-54(85)72-46/h23-24,26,29-31,35-41,45-46H,3-22,25,27-28H2,1-2H3,(H2,55,79)(H,58,63)(H,59,64)(H,60,76)(H,62,80)(H,65,77)(H,66,78)(H,67,84)(H,68,81)(H,69,82)(H,71,83)(H4,56,57,61)(H2,70,72,85)/t35-,36-,37-,38-,39-,40+,41+,45-,46+/m0/s1. The third-order valence-electron chi connectivity index (χ3n) is 14.6. The lowest BCUT2D eigenvalue weighted by Crippen LogP contribution is -2.61. The van der Waals surface area contributed by atoms with Gasteiger partial charge in [0.15, 0.2) is 5.96 Å². The number of fused-ring (bicyclic) bond motifs is 3. The average Bonchev–Trinajstić information content (AvgIpc) is 2.13. The smallest absolute Gasteiger partial charge is 0.315 e. The number of imidazole rings is 2. The second-order valence-electron chi connectivity index (χ2n) is 22.0. The number of guanidine groups is 1. The molecular formula is C54H85N21O13S. The third-order valence-corrected chi connectivity index (χ3v) is 16.1. The van der Waals surface area contributed by atoms with Crippen LogP contribution < -0.4 is 70.0 Å². The van der Waals surface area contributed by atoms with E-state index in [1.165, 1.54) is 29.7 Å². The number of aromatic nitrogens is 7. The first kappa shape index (κ1) is 69.7. The van der Waals surface area contributed by atoms with Crippen LogP contribution in [0.2, 0.25) is 0 Å². The summed E-state index contributed by atoms with van der Waals surface area (Å²) in [6.45, 7) is 3.72. The van der Waals surface area contributed by atoms with Crippen LogP contribution in [0, 0.1) is 11.3 Å². The number of nitrogens with zero attached hydrogens (tertiary/aromatic N) is 5. The van der Waals surface area contributed by atoms with E-state index in [1.807, 2.05) is 11.8 Å². The number of ether oxygens (including phenoxy) is 3. The number of unbranched alkanes of at least 4 members (excludes halogenated alkanes) is 1. The van der Waals surface area contributed by atoms with Crippen molar-refractivity contribution in [2.24, 2.45) is 17.4 Å². The molecule has 18 N–H and O–H groups in total. The van der Waals surface area contributed by atoms with Crippen LogP contribution >= 0.6 is 11.8 Å². The Bertz CT molecular complexity index is 2810. The number of hydrogen-bond acceptors (Lipinski definition) is 19. The van der Waals surface area contributed by atoms with E-state index in [-0.39, 0.29) is 120 Å². The quantitative estimate of drug-likeness (QED) is 0.0147. The lowest BCUT2D eigenvalue weighted by Gasteiger charge is -2.28. The number of nitrogens with one attached hydrogen (secondary N) is 14. The predicted octanol–water partition coefficient (Wildman–Crippen LogP) is -4.74. The molecule has 2 bridgehead atoms. The van der Waals surface area contributed by atoms with E-state index >= 15 is 0 Å². The van der Waals surface area contributed by atoms with Gasteiger partial charge in [-0.1, -0.05) is 25.5 Å². The van der Waals surface area contributed by atoms with Gasteiger partial charge in [-0.25, -0.2) is 14.8 Å². The van der Waals surface area contributed by atoms with E-state index < -0.39 is 103 Å². The summed E-state index contributed by atoms with van der Waals surface area (Å²) in [4.78, 5) is 148. The highest BCUT2D eigenvalue weighted by molar-refractivity contribution is 8.00. The van der Waals surface area contributed by atoms with E-state index in [0.717, 1.165) is 25.0 Å². The Hall–Kier alpha value is -8.44. The molecule has 89 heavy (non-hydrogen) atoms. The SMILES string of the molecule is CC(C)[C@@H]1NC(=O)[C@H](Cc2c[nH]cn2)NC(=O)[C@@H](NC(=O)COCCOCCOCCNC(=O)CCCC[C@H]2SC[C@H]3NC(=O)N[C@H]32)Cc2cn(nn2)CCCC[C@@H](C(N)=O)NC(=O)CNC(=O)[C@H](Cc2c[nH]cn2)NC(=O)[C@H](CCCNC(=N)N)NC1=O. The van der Waals surface area contributed by atoms with Gasteiger partial charge in [0, 0.05) is 74.9 Å². The Labute approximate surface area is 517 Å². The van der Waals surface area contributed by atoms with E-state index in [1.54, 1.807) is 20.0 Å². The maximum absolute atomic E-state index is 14.5. The van der Waals surface area contributed by atoms with Crippen molar-refractivity contribution in [3.05, 3.63) is 48.3 Å². The number of aromatic amines is 2. The molecule has 9 atom stereocenters. The van der Waals surface area contributed by atoms with E-state index in [2.05, 4.69) is 88.7 Å². The fourth-order valence-corrected chi connectivity index (χ4v) is 11.4. The molecule has 3 aliphatic rings. The van der Waals surface area contributed by atoms with Crippen LogP contribution in [0.1, 0.15) is 88.7 Å². The van der Waals surface area contributed by atoms with Gasteiger partial charge >= 0.3 is 6.03 Å². The van der Waals surface area contributed by atoms with Gasteiger partial charge in [-0.3, -0.25) is 53.2 Å². The molecule has 0 spiro atoms. The second kappa shape index (κ2) is 36.8. The predicted molar refractivity (Wildman–Crippen MR) is 319 cm³/mol. The highest BCUT2D eigenvalue weighted by Crippen LogP contribution is 2.33. The molecular weight excluding hydrogens is 1180 g/mol. The molecule has 0 aromatic carbocycles. The first-order valence-electron chi connectivity index (χ1n) is 29.8. The van der Waals surface area contributed by atoms with Crippen LogP contribution in [0.3, 0.4) is 0 Å². The molecule has 2 saturated heterocycles. The summed E-state index contributed by atoms with van der Waals surface area (Å²) in [5.74, 6) is -6.52. The number of primary amides is 1. The van der Waals surface area contributed by atoms with Gasteiger partial charge in [0.1, 0.15) is 42.9 Å². The van der Waals surface area contributed by atoms with Crippen molar-refractivity contribution in [1.29, 1.82) is 5.41 Å². The molecule has 2 fully saturated rings. The summed E-state index contributed by atoms with van der Waals surface area (Å²) in [6, 6.07) is -7.77. The van der Waals surface area contributed by atoms with Crippen LogP contribution in [-0.4, -0.2) is 219 Å². The van der Waals surface area contributed by atoms with Crippen LogP contribution in [0.15, 0.2) is 31.2 Å². The van der Waals surface area contributed by atoms with Crippen LogP contribution in [0.25, 0.3) is 0 Å². The van der Waals surface area contributed by atoms with E-state index in [9.17, 15) is 47.9 Å². The Morgan fingerprint density at radius 2 is 1.40 bits per heavy atom. The van der Waals surface area contributed by atoms with Crippen molar-refractivity contribution < 1.29 is 62.2 Å². The number of hydrogen-bond donors (Lipinski definition) is 16. The minimum Gasteiger partial charge on any atom is -0.377 e. The van der Waals surface area contributed by atoms with Gasteiger partial charge in [-0.2, -0.15) is 11.8 Å². The zero-order chi connectivity index (χ0) is 64.1. The summed E-state index contributed by atoms with van der Waals surface area (Å²) in [5.41, 5.74) is 12.1. The summed E-state index contributed by atoms with van der Waals surface area (Å²) in [7, 11) is 0. The number of aryl methyl sites for hydroxylation is 1. The summed E-state index contributed by atoms with van der Waals surface area (Å²) in [6.07, 6.45) is 10.7. The van der Waals surface area contributed by atoms with Crippen molar-refractivity contribution in [1.82, 2.24) is 93.4 Å². The average molecular weight is 1270 g/mol. The molecule has 3 aromatic rings. The molecule has 490 valence electrons. The zero-order valence-corrected chi connectivity index (χ0v) is 50.8. The number of amides is 11. The molecule has 11 amide bonds. The Morgan fingerprint density at radius 3 is 2.09 bits per heavy atom. The summed E-state index contributed by atoms with van der Waals surface area (Å²) < 4.78 is 18.2. The minimum atomic E-state index is -1.41. The first-order valence-corrected chi connectivity index (χ1v) is 30.8. The number of carbonyl (C=O) groups excluding carboxylic acids is 10. The van der Waals surface area contributed by atoms with Gasteiger partial charge < -0.3 is 94.1 Å². The van der Waals surface area contributed by atoms with Crippen molar-refractivity contribution in [3.63, 3.8) is 0 Å². The largest absolute Gasteiger partial charge is 0.377 e. The Kier molecular flexibility index (Phi) is 28.8. The van der Waals surface area contributed by atoms with Crippen LogP contribution in [-0.2, 0) is 83.2 Å². The van der Waals surface area contributed by atoms with E-state index in [0.29, 0.717) is 42.4 Å². The van der Waals surface area contributed by atoms with Crippen molar-refractivity contribution in [3.8, 4) is 0 Å². The fourth-order valence-electron chi connectivity index (χ4n) is 9.90. The maximum Gasteiger partial charge on any atom is 0.315 e. The zero-order valence-electron chi connectivity index (χ0n) is 50.0. The van der Waals surface area contributed by atoms with Gasteiger partial charge in [-0.05, 0) is 50.9 Å². The van der Waals surface area contributed by atoms with Crippen molar-refractivity contribution in [2.75, 3.05) is 65.0 Å². The molecule has 3 aromatic heterocycles. The van der Waals surface area contributed by atoms with Crippen molar-refractivity contribution in [2.45, 2.75) is 151 Å². The first-order chi connectivity index (χ1) is 42.8. The molecule has 3 aliphatic heterocycles.